The molecule has 0 aromatic heterocycles. The van der Waals surface area contributed by atoms with Crippen molar-refractivity contribution < 1.29 is 39.0 Å². The zero-order valence-corrected chi connectivity index (χ0v) is 16.6. The van der Waals surface area contributed by atoms with Crippen LogP contribution in [0.2, 0.25) is 0 Å². The minimum absolute atomic E-state index is 0.516. The highest BCUT2D eigenvalue weighted by Gasteiger charge is 2.32. The second-order valence-corrected chi connectivity index (χ2v) is 6.82. The summed E-state index contributed by atoms with van der Waals surface area (Å²) in [5.41, 5.74) is 15.5. The maximum absolute atomic E-state index is 12.5. The van der Waals surface area contributed by atoms with Crippen LogP contribution >= 0.6 is 0 Å². The first-order valence-electron chi connectivity index (χ1n) is 8.87. The van der Waals surface area contributed by atoms with E-state index in [1.807, 2.05) is 0 Å². The van der Waals surface area contributed by atoms with E-state index < -0.39 is 85.0 Å². The normalized spacial score (nSPS) is 14.7. The summed E-state index contributed by atoms with van der Waals surface area (Å²) in [6.45, 7) is 2.32. The van der Waals surface area contributed by atoms with Crippen LogP contribution in [-0.2, 0) is 28.8 Å². The first-order chi connectivity index (χ1) is 13.8. The molecule has 0 fully saturated rings. The molecule has 0 aliphatic rings. The van der Waals surface area contributed by atoms with Crippen molar-refractivity contribution in [3.05, 3.63) is 0 Å². The van der Waals surface area contributed by atoms with Crippen LogP contribution in [0.1, 0.15) is 26.7 Å². The monoisotopic (exact) mass is 432 g/mol. The fourth-order valence-electron chi connectivity index (χ4n) is 2.22. The third kappa shape index (κ3) is 9.29. The van der Waals surface area contributed by atoms with E-state index in [0.29, 0.717) is 0 Å². The first kappa shape index (κ1) is 26.7. The van der Waals surface area contributed by atoms with Crippen molar-refractivity contribution in [3.8, 4) is 0 Å². The van der Waals surface area contributed by atoms with Crippen molar-refractivity contribution in [1.29, 1.82) is 0 Å². The number of carbonyl (C=O) groups excluding carboxylic acids is 5. The lowest BCUT2D eigenvalue weighted by Crippen LogP contribution is -2.59. The maximum Gasteiger partial charge on any atom is 0.326 e. The number of primary amides is 2. The standard InChI is InChI=1S/C16H28N6O8/c1-6(2)12(16(29)30)22-15(28)9(4-11(19)25)21-14(27)8(3-10(18)24)20-13(26)7(17)5-23/h6-9,12,23H,3-5,17H2,1-2H3,(H2,18,24)(H2,19,25)(H,20,26)(H,21,27)(H,22,28)(H,29,30). The van der Waals surface area contributed by atoms with E-state index in [0.717, 1.165) is 0 Å². The van der Waals surface area contributed by atoms with Gasteiger partial charge in [0.05, 0.1) is 19.4 Å². The average Bonchev–Trinajstić information content (AvgIpc) is 2.62. The lowest BCUT2D eigenvalue weighted by molar-refractivity contribution is -0.143. The van der Waals surface area contributed by atoms with Gasteiger partial charge in [0.25, 0.3) is 0 Å². The predicted molar refractivity (Wildman–Crippen MR) is 101 cm³/mol. The molecule has 170 valence electrons. The van der Waals surface area contributed by atoms with E-state index in [4.69, 9.17) is 22.3 Å². The molecule has 0 saturated heterocycles. The molecule has 0 radical (unpaired) electrons. The average molecular weight is 432 g/mol. The number of aliphatic hydroxyl groups excluding tert-OH is 1. The van der Waals surface area contributed by atoms with Gasteiger partial charge in [0, 0.05) is 0 Å². The van der Waals surface area contributed by atoms with Crippen LogP contribution in [0.4, 0.5) is 0 Å². The Hall–Kier alpha value is -3.26. The molecule has 11 N–H and O–H groups in total. The van der Waals surface area contributed by atoms with Crippen molar-refractivity contribution in [1.82, 2.24) is 16.0 Å². The van der Waals surface area contributed by atoms with Crippen molar-refractivity contribution in [2.75, 3.05) is 6.61 Å². The van der Waals surface area contributed by atoms with Crippen molar-refractivity contribution in [3.63, 3.8) is 0 Å². The summed E-state index contributed by atoms with van der Waals surface area (Å²) in [6, 6.07) is -5.86. The number of amides is 5. The zero-order chi connectivity index (χ0) is 23.6. The lowest BCUT2D eigenvalue weighted by Gasteiger charge is -2.25. The number of hydrogen-bond acceptors (Lipinski definition) is 8. The summed E-state index contributed by atoms with van der Waals surface area (Å²) in [5.74, 6) is -6.87. The molecule has 0 aromatic carbocycles. The molecule has 0 aliphatic carbocycles. The molecule has 0 aliphatic heterocycles. The molecule has 0 spiro atoms. The number of aliphatic carboxylic acids is 1. The summed E-state index contributed by atoms with van der Waals surface area (Å²) < 4.78 is 0. The molecule has 14 nitrogen and oxygen atoms in total. The van der Waals surface area contributed by atoms with Gasteiger partial charge in [0.2, 0.25) is 29.5 Å². The highest BCUT2D eigenvalue weighted by Crippen LogP contribution is 2.04. The van der Waals surface area contributed by atoms with Gasteiger partial charge in [0.1, 0.15) is 24.2 Å². The quantitative estimate of drug-likeness (QED) is 0.139. The van der Waals surface area contributed by atoms with Crippen LogP contribution in [0, 0.1) is 5.92 Å². The summed E-state index contributed by atoms with van der Waals surface area (Å²) in [4.78, 5) is 70.5. The number of nitrogens with one attached hydrogen (secondary N) is 3. The van der Waals surface area contributed by atoms with E-state index in [1.165, 1.54) is 13.8 Å². The number of carboxylic acid groups (broad SMARTS) is 1. The SMILES string of the molecule is CC(C)C(NC(=O)C(CC(N)=O)NC(=O)C(CC(N)=O)NC(=O)C(N)CO)C(=O)O. The molecule has 14 heteroatoms. The second kappa shape index (κ2) is 12.3. The minimum atomic E-state index is -1.59. The third-order valence-corrected chi connectivity index (χ3v) is 3.84. The highest BCUT2D eigenvalue weighted by atomic mass is 16.4. The molecule has 0 saturated carbocycles. The number of rotatable bonds is 13. The van der Waals surface area contributed by atoms with Crippen LogP contribution < -0.4 is 33.2 Å². The lowest BCUT2D eigenvalue weighted by atomic mass is 10.0. The third-order valence-electron chi connectivity index (χ3n) is 3.84. The van der Waals surface area contributed by atoms with Crippen LogP contribution in [0.3, 0.4) is 0 Å². The van der Waals surface area contributed by atoms with Gasteiger partial charge in [-0.1, -0.05) is 13.8 Å². The summed E-state index contributed by atoms with van der Waals surface area (Å²) in [6.07, 6.45) is -1.36. The smallest absolute Gasteiger partial charge is 0.326 e. The Labute approximate surface area is 171 Å². The van der Waals surface area contributed by atoms with Crippen molar-refractivity contribution in [2.45, 2.75) is 50.9 Å². The Bertz CT molecular complexity index is 683. The zero-order valence-electron chi connectivity index (χ0n) is 16.6. The predicted octanol–water partition coefficient (Wildman–Crippen LogP) is -4.75. The van der Waals surface area contributed by atoms with E-state index in [-0.39, 0.29) is 0 Å². The fraction of sp³-hybridized carbons (Fsp3) is 0.625. The van der Waals surface area contributed by atoms with Gasteiger partial charge in [-0.15, -0.1) is 0 Å². The topological polar surface area (TPSA) is 257 Å². The number of hydrogen-bond donors (Lipinski definition) is 8. The first-order valence-corrected chi connectivity index (χ1v) is 8.87. The van der Waals surface area contributed by atoms with Crippen LogP contribution in [0.25, 0.3) is 0 Å². The molecule has 4 unspecified atom stereocenters. The Morgan fingerprint density at radius 3 is 1.53 bits per heavy atom. The van der Waals surface area contributed by atoms with Gasteiger partial charge in [-0.3, -0.25) is 24.0 Å². The maximum atomic E-state index is 12.5. The van der Waals surface area contributed by atoms with Crippen LogP contribution in [0.15, 0.2) is 0 Å². The molecule has 0 aromatic rings. The summed E-state index contributed by atoms with van der Waals surface area (Å²) in [5, 5.41) is 24.5. The largest absolute Gasteiger partial charge is 0.480 e. The number of carbonyl (C=O) groups is 6. The van der Waals surface area contributed by atoms with Gasteiger partial charge in [-0.05, 0) is 5.92 Å². The molecule has 30 heavy (non-hydrogen) atoms. The van der Waals surface area contributed by atoms with Crippen molar-refractivity contribution in [2.24, 2.45) is 23.1 Å². The molecule has 5 amide bonds. The van der Waals surface area contributed by atoms with Crippen LogP contribution in [-0.4, -0.2) is 76.5 Å². The van der Waals surface area contributed by atoms with E-state index in [9.17, 15) is 33.9 Å². The van der Waals surface area contributed by atoms with E-state index in [2.05, 4.69) is 16.0 Å². The number of carboxylic acids is 1. The van der Waals surface area contributed by atoms with Gasteiger partial charge in [-0.25, -0.2) is 4.79 Å². The Morgan fingerprint density at radius 1 is 0.800 bits per heavy atom. The van der Waals surface area contributed by atoms with E-state index >= 15 is 0 Å². The fourth-order valence-corrected chi connectivity index (χ4v) is 2.22. The number of nitrogens with two attached hydrogens (primary N) is 3. The molecule has 0 rings (SSSR count). The number of aliphatic hydroxyl groups is 1. The molecular formula is C16H28N6O8. The Morgan fingerprint density at radius 2 is 1.20 bits per heavy atom. The second-order valence-electron chi connectivity index (χ2n) is 6.82. The van der Waals surface area contributed by atoms with Gasteiger partial charge in [-0.2, -0.15) is 0 Å². The van der Waals surface area contributed by atoms with E-state index in [1.54, 1.807) is 0 Å². The Balaban J connectivity index is 5.51. The van der Waals surface area contributed by atoms with Crippen LogP contribution in [0.5, 0.6) is 0 Å². The molecular weight excluding hydrogens is 404 g/mol. The van der Waals surface area contributed by atoms with Gasteiger partial charge < -0.3 is 43.4 Å². The molecule has 4 atom stereocenters. The minimum Gasteiger partial charge on any atom is -0.480 e. The van der Waals surface area contributed by atoms with Crippen molar-refractivity contribution >= 4 is 35.5 Å². The van der Waals surface area contributed by atoms with Gasteiger partial charge >= 0.3 is 5.97 Å². The Kier molecular flexibility index (Phi) is 11.0. The van der Waals surface area contributed by atoms with Gasteiger partial charge in [0.15, 0.2) is 0 Å². The summed E-state index contributed by atoms with van der Waals surface area (Å²) >= 11 is 0. The highest BCUT2D eigenvalue weighted by molar-refractivity contribution is 5.97. The molecule has 0 bridgehead atoms. The summed E-state index contributed by atoms with van der Waals surface area (Å²) in [7, 11) is 0. The molecule has 0 heterocycles.